The van der Waals surface area contributed by atoms with Gasteiger partial charge in [0.05, 0.1) is 11.3 Å². The van der Waals surface area contributed by atoms with Crippen molar-refractivity contribution in [1.82, 2.24) is 9.97 Å². The SMILES string of the molecule is CCC(CC)C(=O)/C=C(\O)C(CC)CC.Cc1[c-]c(-c2ncc3c4cc(CC(C)(C)C)nc5cccc(c6cccc2c63)c54)cc(C)c1.[Ir]. The van der Waals surface area contributed by atoms with Crippen molar-refractivity contribution in [3.05, 3.63) is 95.5 Å². The van der Waals surface area contributed by atoms with E-state index < -0.39 is 0 Å². The summed E-state index contributed by atoms with van der Waals surface area (Å²) in [6.45, 7) is 19.1. The first-order valence-electron chi connectivity index (χ1n) is 17.7. The summed E-state index contributed by atoms with van der Waals surface area (Å²) in [5, 5.41) is 18.4. The van der Waals surface area contributed by atoms with Crippen molar-refractivity contribution in [2.24, 2.45) is 17.3 Å². The third-order valence-corrected chi connectivity index (χ3v) is 9.58. The zero-order valence-electron chi connectivity index (χ0n) is 30.6. The van der Waals surface area contributed by atoms with Crippen LogP contribution in [0.4, 0.5) is 0 Å². The summed E-state index contributed by atoms with van der Waals surface area (Å²) in [5.74, 6) is 0.547. The van der Waals surface area contributed by atoms with Crippen molar-refractivity contribution in [2.75, 3.05) is 0 Å². The number of carbonyl (C=O) groups is 1. The molecule has 0 aliphatic heterocycles. The maximum atomic E-state index is 11.7. The summed E-state index contributed by atoms with van der Waals surface area (Å²) in [6, 6.07) is 23.3. The molecule has 0 amide bonds. The Bertz CT molecular complexity index is 2080. The molecule has 259 valence electrons. The number of allylic oxidation sites excluding steroid dienone is 2. The minimum Gasteiger partial charge on any atom is -0.512 e. The van der Waals surface area contributed by atoms with Gasteiger partial charge in [-0.2, -0.15) is 0 Å². The van der Waals surface area contributed by atoms with Crippen molar-refractivity contribution in [3.63, 3.8) is 0 Å². The van der Waals surface area contributed by atoms with E-state index in [0.29, 0.717) is 0 Å². The van der Waals surface area contributed by atoms with Gasteiger partial charge in [-0.1, -0.05) is 92.6 Å². The minimum atomic E-state index is 0. The van der Waals surface area contributed by atoms with Gasteiger partial charge in [0, 0.05) is 60.7 Å². The fourth-order valence-corrected chi connectivity index (χ4v) is 7.16. The van der Waals surface area contributed by atoms with Crippen LogP contribution in [0.2, 0.25) is 0 Å². The van der Waals surface area contributed by atoms with E-state index in [9.17, 15) is 9.90 Å². The first-order valence-corrected chi connectivity index (χ1v) is 17.7. The van der Waals surface area contributed by atoms with Gasteiger partial charge in [-0.05, 0) is 82.3 Å². The monoisotopic (exact) mass is 832 g/mol. The molecule has 6 rings (SSSR count). The molecule has 4 nitrogen and oxygen atoms in total. The Hall–Kier alpha value is -3.66. The van der Waals surface area contributed by atoms with Crippen LogP contribution >= 0.6 is 0 Å². The number of aliphatic hydroxyl groups excluding tert-OH is 1. The Morgan fingerprint density at radius 2 is 1.43 bits per heavy atom. The van der Waals surface area contributed by atoms with E-state index in [1.165, 1.54) is 49.3 Å². The Balaban J connectivity index is 0.000000290. The topological polar surface area (TPSA) is 63.1 Å². The number of rotatable bonds is 9. The van der Waals surface area contributed by atoms with Crippen LogP contribution in [0, 0.1) is 37.2 Å². The Labute approximate surface area is 306 Å². The maximum absolute atomic E-state index is 11.7. The molecule has 2 aromatic heterocycles. The van der Waals surface area contributed by atoms with Crippen LogP contribution in [0.15, 0.2) is 72.6 Å². The molecule has 5 heteroatoms. The van der Waals surface area contributed by atoms with Gasteiger partial charge in [-0.15, -0.1) is 34.9 Å². The number of hydrogen-bond acceptors (Lipinski definition) is 4. The van der Waals surface area contributed by atoms with Gasteiger partial charge in [-0.25, -0.2) is 0 Å². The number of pyridine rings is 2. The Morgan fingerprint density at radius 1 is 0.816 bits per heavy atom. The van der Waals surface area contributed by atoms with Gasteiger partial charge in [0.25, 0.3) is 0 Å². The molecule has 0 aliphatic rings. The molecule has 49 heavy (non-hydrogen) atoms. The number of ketones is 1. The fraction of sp³-hybridized carbons (Fsp3) is 0.386. The molecule has 0 aliphatic carbocycles. The second kappa shape index (κ2) is 15.9. The molecule has 0 spiro atoms. The van der Waals surface area contributed by atoms with E-state index in [2.05, 4.69) is 101 Å². The van der Waals surface area contributed by atoms with Crippen molar-refractivity contribution < 1.29 is 30.0 Å². The molecule has 0 unspecified atom stereocenters. The average molecular weight is 832 g/mol. The predicted octanol–water partition coefficient (Wildman–Crippen LogP) is 12.1. The van der Waals surface area contributed by atoms with E-state index in [-0.39, 0.29) is 48.9 Å². The van der Waals surface area contributed by atoms with Crippen LogP contribution in [0.3, 0.4) is 0 Å². The number of aryl methyl sites for hydroxylation is 2. The van der Waals surface area contributed by atoms with Crippen molar-refractivity contribution in [3.8, 4) is 11.3 Å². The van der Waals surface area contributed by atoms with Gasteiger partial charge in [0.1, 0.15) is 0 Å². The summed E-state index contributed by atoms with van der Waals surface area (Å²) >= 11 is 0. The third-order valence-electron chi connectivity index (χ3n) is 9.58. The van der Waals surface area contributed by atoms with Crippen molar-refractivity contribution >= 4 is 49.0 Å². The number of aromatic nitrogens is 2. The van der Waals surface area contributed by atoms with Crippen LogP contribution in [-0.2, 0) is 31.3 Å². The van der Waals surface area contributed by atoms with Gasteiger partial charge < -0.3 is 10.1 Å². The number of hydrogen-bond donors (Lipinski definition) is 1. The molecule has 0 atom stereocenters. The molecule has 0 saturated heterocycles. The molecule has 4 aromatic carbocycles. The molecule has 0 fully saturated rings. The van der Waals surface area contributed by atoms with E-state index in [4.69, 9.17) is 9.97 Å². The molecule has 2 heterocycles. The molecule has 0 bridgehead atoms. The van der Waals surface area contributed by atoms with Gasteiger partial charge in [0.15, 0.2) is 5.78 Å². The molecule has 1 radical (unpaired) electrons. The second-order valence-electron chi connectivity index (χ2n) is 14.6. The summed E-state index contributed by atoms with van der Waals surface area (Å²) in [5.41, 5.74) is 6.82. The standard InChI is InChI=1S/C31H27N2.C13H24O2.Ir/c1-18-12-19(2)14-20(13-18)30-24-10-6-8-22-23-9-7-11-27-29(23)25(26(17-32-30)28(22)24)15-21(33-27)16-31(3,4)5;1-5-10(6-2)12(14)9-13(15)11(7-3)8-4;/h6-13,15,17H,16H2,1-5H3;9-11,14H,5-8H2,1-4H3;/q-1;;/b;12-9-;. The van der Waals surface area contributed by atoms with Crippen LogP contribution in [-0.4, -0.2) is 20.9 Å². The zero-order chi connectivity index (χ0) is 34.7. The molecule has 1 N–H and O–H groups in total. The van der Waals surface area contributed by atoms with Gasteiger partial charge in [-0.3, -0.25) is 9.78 Å². The number of nitrogens with zero attached hydrogens (tertiary/aromatic N) is 2. The van der Waals surface area contributed by atoms with Crippen LogP contribution in [0.5, 0.6) is 0 Å². The van der Waals surface area contributed by atoms with E-state index in [1.54, 1.807) is 0 Å². The first-order chi connectivity index (χ1) is 22.9. The van der Waals surface area contributed by atoms with Gasteiger partial charge >= 0.3 is 0 Å². The number of benzene rings is 4. The number of carbonyl (C=O) groups excluding carboxylic acids is 1. The zero-order valence-corrected chi connectivity index (χ0v) is 33.0. The molecular formula is C44H51IrN2O2-. The second-order valence-corrected chi connectivity index (χ2v) is 14.6. The van der Waals surface area contributed by atoms with E-state index >= 15 is 0 Å². The van der Waals surface area contributed by atoms with E-state index in [0.717, 1.165) is 60.1 Å². The van der Waals surface area contributed by atoms with Crippen LogP contribution in [0.25, 0.3) is 54.5 Å². The van der Waals surface area contributed by atoms with Crippen LogP contribution in [0.1, 0.15) is 91.0 Å². The number of aliphatic hydroxyl groups is 1. The normalized spacial score (nSPS) is 12.3. The Morgan fingerprint density at radius 3 is 2.04 bits per heavy atom. The largest absolute Gasteiger partial charge is 0.512 e. The maximum Gasteiger partial charge on any atom is 0.162 e. The van der Waals surface area contributed by atoms with Gasteiger partial charge in [0.2, 0.25) is 0 Å². The van der Waals surface area contributed by atoms with Crippen LogP contribution < -0.4 is 0 Å². The fourth-order valence-electron chi connectivity index (χ4n) is 7.16. The molecule has 6 aromatic rings. The predicted molar refractivity (Wildman–Crippen MR) is 204 cm³/mol. The first kappa shape index (κ1) is 38.1. The average Bonchev–Trinajstić information content (AvgIpc) is 3.03. The molecule has 0 saturated carbocycles. The number of fused-ring (bicyclic) bond motifs is 2. The summed E-state index contributed by atoms with van der Waals surface area (Å²) in [6.07, 6.45) is 7.91. The smallest absolute Gasteiger partial charge is 0.162 e. The summed E-state index contributed by atoms with van der Waals surface area (Å²) in [7, 11) is 0. The van der Waals surface area contributed by atoms with Crippen molar-refractivity contribution in [2.45, 2.75) is 94.4 Å². The minimum absolute atomic E-state index is 0. The molecular weight excluding hydrogens is 781 g/mol. The Kier molecular flexibility index (Phi) is 12.4. The van der Waals surface area contributed by atoms with E-state index in [1.807, 2.05) is 27.7 Å². The summed E-state index contributed by atoms with van der Waals surface area (Å²) < 4.78 is 0. The third kappa shape index (κ3) is 8.22. The summed E-state index contributed by atoms with van der Waals surface area (Å²) in [4.78, 5) is 21.8. The quantitative estimate of drug-likeness (QED) is 0.0518. The van der Waals surface area contributed by atoms with Crippen molar-refractivity contribution in [1.29, 1.82) is 0 Å².